The lowest BCUT2D eigenvalue weighted by Crippen LogP contribution is -2.32. The molecule has 4 heterocycles. The van der Waals surface area contributed by atoms with Gasteiger partial charge in [-0.3, -0.25) is 29.5 Å². The average molecular weight is 440 g/mol. The van der Waals surface area contributed by atoms with Crippen molar-refractivity contribution in [3.63, 3.8) is 0 Å². The number of fused-ring (bicyclic) bond motifs is 2. The Kier molecular flexibility index (Phi) is 4.29. The fourth-order valence-electron chi connectivity index (χ4n) is 3.91. The molecule has 3 atom stereocenters. The maximum Gasteiger partial charge on any atom is 0.305 e. The van der Waals surface area contributed by atoms with E-state index in [1.165, 1.54) is 36.0 Å². The number of thioether (sulfide) groups is 1. The molecule has 3 aromatic rings. The number of amides is 2. The minimum atomic E-state index is -0.712. The van der Waals surface area contributed by atoms with E-state index < -0.39 is 33.8 Å². The Morgan fingerprint density at radius 3 is 2.53 bits per heavy atom. The lowest BCUT2D eigenvalue weighted by atomic mass is 9.84. The molecule has 30 heavy (non-hydrogen) atoms. The van der Waals surface area contributed by atoms with Crippen molar-refractivity contribution in [3.8, 4) is 0 Å². The van der Waals surface area contributed by atoms with Gasteiger partial charge in [0.1, 0.15) is 5.25 Å². The molecule has 2 aromatic heterocycles. The second kappa shape index (κ2) is 6.89. The van der Waals surface area contributed by atoms with Crippen molar-refractivity contribution < 1.29 is 14.5 Å². The molecule has 11 heteroatoms. The number of rotatable bonds is 3. The lowest BCUT2D eigenvalue weighted by molar-refractivity contribution is -0.384. The van der Waals surface area contributed by atoms with E-state index in [-0.39, 0.29) is 16.2 Å². The second-order valence-electron chi connectivity index (χ2n) is 6.82. The first-order valence-corrected chi connectivity index (χ1v) is 10.6. The third-order valence-electron chi connectivity index (χ3n) is 5.19. The van der Waals surface area contributed by atoms with E-state index >= 15 is 0 Å². The number of H-pyrrole nitrogens is 1. The van der Waals surface area contributed by atoms with Crippen LogP contribution < -0.4 is 9.77 Å². The van der Waals surface area contributed by atoms with Gasteiger partial charge in [0.05, 0.1) is 21.6 Å². The number of nitrogens with zero attached hydrogens (tertiary/aromatic N) is 3. The number of hydrogen-bond acceptors (Lipinski definition) is 8. The number of nitrogens with one attached hydrogen (secondary N) is 1. The number of nitro benzene ring substituents is 1. The molecular weight excluding hydrogens is 428 g/mol. The molecule has 0 bridgehead atoms. The van der Waals surface area contributed by atoms with E-state index in [9.17, 15) is 24.5 Å². The predicted octanol–water partition coefficient (Wildman–Crippen LogP) is 2.54. The molecule has 0 saturated carbocycles. The van der Waals surface area contributed by atoms with Crippen LogP contribution in [0.15, 0.2) is 58.6 Å². The average Bonchev–Trinajstić information content (AvgIpc) is 3.23. The normalized spacial score (nSPS) is 22.7. The van der Waals surface area contributed by atoms with Crippen molar-refractivity contribution in [1.29, 1.82) is 0 Å². The first-order chi connectivity index (χ1) is 14.5. The summed E-state index contributed by atoms with van der Waals surface area (Å²) in [5.41, 5.74) is 0.904. The van der Waals surface area contributed by atoms with E-state index in [2.05, 4.69) is 9.97 Å². The Morgan fingerprint density at radius 2 is 1.87 bits per heavy atom. The third kappa shape index (κ3) is 2.77. The van der Waals surface area contributed by atoms with Gasteiger partial charge in [-0.25, -0.2) is 4.90 Å². The number of hydrogen-bond donors (Lipinski definition) is 1. The number of benzene rings is 1. The van der Waals surface area contributed by atoms with Crippen molar-refractivity contribution >= 4 is 46.3 Å². The first kappa shape index (κ1) is 18.7. The maximum absolute atomic E-state index is 13.4. The van der Waals surface area contributed by atoms with E-state index in [1.54, 1.807) is 18.5 Å². The van der Waals surface area contributed by atoms with Crippen molar-refractivity contribution in [2.45, 2.75) is 16.2 Å². The van der Waals surface area contributed by atoms with Crippen LogP contribution in [0.2, 0.25) is 0 Å². The van der Waals surface area contributed by atoms with Crippen LogP contribution in [-0.4, -0.2) is 32.0 Å². The molecule has 0 aliphatic carbocycles. The molecule has 5 rings (SSSR count). The van der Waals surface area contributed by atoms with Gasteiger partial charge in [-0.1, -0.05) is 29.2 Å². The van der Waals surface area contributed by atoms with Crippen LogP contribution in [0.1, 0.15) is 16.4 Å². The SMILES string of the molecule is O=C1[C@H]2[C@H](c3cccnc3)c3sc(=O)[nH]c3S[C@H]2C(=O)N1c1ccc([N+](=O)[O-])cc1. The molecule has 1 fully saturated rings. The number of nitro groups is 1. The van der Waals surface area contributed by atoms with Gasteiger partial charge in [-0.2, -0.15) is 0 Å². The molecule has 1 aromatic carbocycles. The molecule has 0 unspecified atom stereocenters. The highest BCUT2D eigenvalue weighted by Gasteiger charge is 2.56. The zero-order valence-corrected chi connectivity index (χ0v) is 16.7. The largest absolute Gasteiger partial charge is 0.307 e. The molecular formula is C19H12N4O5S2. The van der Waals surface area contributed by atoms with Crippen molar-refractivity contribution in [2.24, 2.45) is 5.92 Å². The van der Waals surface area contributed by atoms with Crippen molar-refractivity contribution in [1.82, 2.24) is 9.97 Å². The van der Waals surface area contributed by atoms with Gasteiger partial charge in [0, 0.05) is 35.3 Å². The van der Waals surface area contributed by atoms with E-state index in [0.29, 0.717) is 9.90 Å². The standard InChI is InChI=1S/C19H12N4O5S2/c24-17-13-12(9-2-1-7-20-8-9)14-16(21-19(26)30-14)29-15(13)18(25)22(17)10-3-5-11(6-4-10)23(27)28/h1-8,12-13,15H,(H,21,26)/t12-,13-,15+/m0/s1. The van der Waals surface area contributed by atoms with Crippen LogP contribution in [-0.2, 0) is 9.59 Å². The smallest absolute Gasteiger partial charge is 0.305 e. The van der Waals surface area contributed by atoms with Crippen molar-refractivity contribution in [3.05, 3.63) is 79.0 Å². The third-order valence-corrected chi connectivity index (χ3v) is 7.59. The molecule has 2 aliphatic rings. The Hall–Kier alpha value is -3.31. The van der Waals surface area contributed by atoms with E-state index in [4.69, 9.17) is 0 Å². The van der Waals surface area contributed by atoms with E-state index in [1.807, 2.05) is 6.07 Å². The van der Waals surface area contributed by atoms with Crippen LogP contribution in [0, 0.1) is 16.0 Å². The summed E-state index contributed by atoms with van der Waals surface area (Å²) in [4.78, 5) is 57.5. The van der Waals surface area contributed by atoms with Gasteiger partial charge < -0.3 is 4.98 Å². The summed E-state index contributed by atoms with van der Waals surface area (Å²) < 4.78 is 0. The highest BCUT2D eigenvalue weighted by molar-refractivity contribution is 8.00. The number of anilines is 1. The van der Waals surface area contributed by atoms with Gasteiger partial charge in [-0.15, -0.1) is 0 Å². The van der Waals surface area contributed by atoms with Crippen LogP contribution in [0.3, 0.4) is 0 Å². The number of aromatic nitrogens is 2. The number of non-ortho nitro benzene ring substituents is 1. The number of aromatic amines is 1. The number of carbonyl (C=O) groups is 2. The molecule has 2 aliphatic heterocycles. The molecule has 0 spiro atoms. The molecule has 1 N–H and O–H groups in total. The second-order valence-corrected chi connectivity index (χ2v) is 8.99. The zero-order chi connectivity index (χ0) is 21.0. The number of pyridine rings is 1. The summed E-state index contributed by atoms with van der Waals surface area (Å²) in [6, 6.07) is 8.89. The van der Waals surface area contributed by atoms with Crippen LogP contribution >= 0.6 is 23.1 Å². The Balaban J connectivity index is 1.61. The maximum atomic E-state index is 13.4. The van der Waals surface area contributed by atoms with Gasteiger partial charge >= 0.3 is 4.87 Å². The summed E-state index contributed by atoms with van der Waals surface area (Å²) in [6.45, 7) is 0. The van der Waals surface area contributed by atoms with Crippen LogP contribution in [0.25, 0.3) is 0 Å². The quantitative estimate of drug-likeness (QED) is 0.377. The predicted molar refractivity (Wildman–Crippen MR) is 110 cm³/mol. The zero-order valence-electron chi connectivity index (χ0n) is 15.1. The summed E-state index contributed by atoms with van der Waals surface area (Å²) in [6.07, 6.45) is 3.25. The number of imide groups is 1. The fourth-order valence-corrected chi connectivity index (χ4v) is 6.43. The van der Waals surface area contributed by atoms with Gasteiger partial charge in [0.15, 0.2) is 0 Å². The molecule has 1 saturated heterocycles. The van der Waals surface area contributed by atoms with Crippen LogP contribution in [0.4, 0.5) is 11.4 Å². The number of carbonyl (C=O) groups excluding carboxylic acids is 2. The van der Waals surface area contributed by atoms with Gasteiger partial charge in [-0.05, 0) is 23.8 Å². The summed E-state index contributed by atoms with van der Waals surface area (Å²) in [5, 5.41) is 10.8. The molecule has 9 nitrogen and oxygen atoms in total. The lowest BCUT2D eigenvalue weighted by Gasteiger charge is -2.29. The summed E-state index contributed by atoms with van der Waals surface area (Å²) in [5.74, 6) is -1.99. The summed E-state index contributed by atoms with van der Waals surface area (Å²) >= 11 is 2.21. The topological polar surface area (TPSA) is 126 Å². The minimum absolute atomic E-state index is 0.127. The molecule has 150 valence electrons. The Labute approximate surface area is 176 Å². The van der Waals surface area contributed by atoms with Gasteiger partial charge in [0.2, 0.25) is 11.8 Å². The van der Waals surface area contributed by atoms with Gasteiger partial charge in [0.25, 0.3) is 5.69 Å². The molecule has 0 radical (unpaired) electrons. The number of thiazole rings is 1. The Bertz CT molecular complexity index is 1240. The monoisotopic (exact) mass is 440 g/mol. The van der Waals surface area contributed by atoms with E-state index in [0.717, 1.165) is 21.8 Å². The highest BCUT2D eigenvalue weighted by atomic mass is 32.2. The summed E-state index contributed by atoms with van der Waals surface area (Å²) in [7, 11) is 0. The minimum Gasteiger partial charge on any atom is -0.307 e. The highest BCUT2D eigenvalue weighted by Crippen LogP contribution is 2.53. The Morgan fingerprint density at radius 1 is 1.10 bits per heavy atom. The molecule has 2 amide bonds. The first-order valence-electron chi connectivity index (χ1n) is 8.87. The van der Waals surface area contributed by atoms with Crippen molar-refractivity contribution in [2.75, 3.05) is 4.90 Å². The fraction of sp³-hybridized carbons (Fsp3) is 0.158. The van der Waals surface area contributed by atoms with Crippen LogP contribution in [0.5, 0.6) is 0 Å².